The van der Waals surface area contributed by atoms with Gasteiger partial charge in [0.15, 0.2) is 0 Å². The number of rotatable bonds is 4. The van der Waals surface area contributed by atoms with E-state index in [1.807, 2.05) is 12.2 Å². The molecule has 0 spiro atoms. The Kier molecular flexibility index (Phi) is 10.6. The van der Waals surface area contributed by atoms with Gasteiger partial charge < -0.3 is 15.2 Å². The van der Waals surface area contributed by atoms with Crippen LogP contribution in [0.25, 0.3) is 90.9 Å². The van der Waals surface area contributed by atoms with Crippen molar-refractivity contribution in [2.45, 2.75) is 105 Å². The van der Waals surface area contributed by atoms with Crippen LogP contribution in [0.3, 0.4) is 0 Å². The number of aromatic amines is 2. The minimum absolute atomic E-state index is 0.00195. The second kappa shape index (κ2) is 15.8. The van der Waals surface area contributed by atoms with Crippen molar-refractivity contribution in [1.29, 1.82) is 0 Å². The van der Waals surface area contributed by atoms with Gasteiger partial charge in [-0.05, 0) is 103 Å². The maximum absolute atomic E-state index is 15.3. The third kappa shape index (κ3) is 8.29. The van der Waals surface area contributed by atoms with Crippen LogP contribution < -0.4 is 4.73 Å². The van der Waals surface area contributed by atoms with Gasteiger partial charge in [-0.1, -0.05) is 180 Å². The number of hydrogen-bond donors (Lipinski definition) is 2. The summed E-state index contributed by atoms with van der Waals surface area (Å²) < 4.78 is 1.13. The molecule has 0 atom stereocenters. The van der Waals surface area contributed by atoms with Crippen molar-refractivity contribution in [3.63, 3.8) is 0 Å². The van der Waals surface area contributed by atoms with Gasteiger partial charge in [0, 0.05) is 34.3 Å². The molecule has 0 radical (unpaired) electrons. The molecule has 7 aromatic rings. The Bertz CT molecular complexity index is 2970. The molecule has 0 unspecified atom stereocenters. The Balaban J connectivity index is 1.44. The lowest BCUT2D eigenvalue weighted by molar-refractivity contribution is -0.605. The van der Waals surface area contributed by atoms with E-state index in [0.29, 0.717) is 11.4 Å². The predicted molar refractivity (Wildman–Crippen MR) is 277 cm³/mol. The first-order valence-electron chi connectivity index (χ1n) is 23.0. The smallest absolute Gasteiger partial charge is 0.227 e. The average molecular weight is 855 g/mol. The van der Waals surface area contributed by atoms with E-state index in [-0.39, 0.29) is 21.7 Å². The highest BCUT2D eigenvalue weighted by Crippen LogP contribution is 2.40. The standard InChI is InChI=1S/C60H62N4O/c1-57(2,3)41-21-13-37(14-22-41)53-45-29-30-46(61-45)54(38-15-23-42(24-16-38)58(4,5)6)48-32-34-50(63-48)56(40-19-27-44(28-20-40)60(10,11)12)52-36-35-51(64(52)65)55(49-33-31-47(53)62-49)39-17-25-43(26-18-39)59(7,8)9/h13-36,62-63H,1-12H3. The van der Waals surface area contributed by atoms with Crippen molar-refractivity contribution in [3.8, 4) is 44.5 Å². The Hall–Kier alpha value is -6.72. The number of benzene rings is 4. The fourth-order valence-corrected chi connectivity index (χ4v) is 9.12. The molecule has 5 nitrogen and oxygen atoms in total. The van der Waals surface area contributed by atoms with E-state index in [0.717, 1.165) is 82.7 Å². The number of H-pyrrole nitrogens is 2. The quantitative estimate of drug-likeness (QED) is 0.137. The Morgan fingerprint density at radius 1 is 0.338 bits per heavy atom. The molecule has 2 N–H and O–H groups in total. The molecule has 0 amide bonds. The molecule has 0 fully saturated rings. The minimum atomic E-state index is -0.0263. The Morgan fingerprint density at radius 3 is 0.846 bits per heavy atom. The van der Waals surface area contributed by atoms with Gasteiger partial charge in [-0.25, -0.2) is 4.98 Å². The maximum Gasteiger partial charge on any atom is 0.227 e. The summed E-state index contributed by atoms with van der Waals surface area (Å²) in [6.07, 6.45) is 8.26. The summed E-state index contributed by atoms with van der Waals surface area (Å²) in [4.78, 5) is 13.2. The van der Waals surface area contributed by atoms with E-state index >= 15 is 5.21 Å². The minimum Gasteiger partial charge on any atom is -0.618 e. The number of hydrogen-bond acceptors (Lipinski definition) is 2. The second-order valence-corrected chi connectivity index (χ2v) is 22.0. The highest BCUT2D eigenvalue weighted by atomic mass is 16.5. The van der Waals surface area contributed by atoms with Gasteiger partial charge in [0.1, 0.15) is 0 Å². The number of nitrogens with zero attached hydrogens (tertiary/aromatic N) is 2. The predicted octanol–water partition coefficient (Wildman–Crippen LogP) is 15.8. The van der Waals surface area contributed by atoms with Crippen molar-refractivity contribution >= 4 is 46.4 Å². The van der Waals surface area contributed by atoms with Crippen LogP contribution in [0.1, 0.15) is 128 Å². The third-order valence-electron chi connectivity index (χ3n) is 13.1. The molecule has 5 heterocycles. The molecule has 5 heteroatoms. The molecule has 0 aliphatic carbocycles. The van der Waals surface area contributed by atoms with Crippen molar-refractivity contribution in [1.82, 2.24) is 15.0 Å². The van der Waals surface area contributed by atoms with Crippen LogP contribution in [0.4, 0.5) is 0 Å². The molecule has 8 bridgehead atoms. The van der Waals surface area contributed by atoms with Crippen LogP contribution in [0.2, 0.25) is 0 Å². The van der Waals surface area contributed by atoms with Crippen molar-refractivity contribution in [2.24, 2.45) is 0 Å². The van der Waals surface area contributed by atoms with Crippen LogP contribution in [-0.4, -0.2) is 15.0 Å². The monoisotopic (exact) mass is 854 g/mol. The van der Waals surface area contributed by atoms with E-state index in [1.165, 1.54) is 22.3 Å². The van der Waals surface area contributed by atoms with Crippen molar-refractivity contribution < 1.29 is 4.73 Å². The molecule has 0 saturated carbocycles. The largest absolute Gasteiger partial charge is 0.618 e. The molecular weight excluding hydrogens is 793 g/mol. The summed E-state index contributed by atoms with van der Waals surface area (Å²) >= 11 is 0. The summed E-state index contributed by atoms with van der Waals surface area (Å²) in [5.41, 5.74) is 18.9. The molecule has 65 heavy (non-hydrogen) atoms. The van der Waals surface area contributed by atoms with E-state index in [9.17, 15) is 0 Å². The first-order valence-corrected chi connectivity index (χ1v) is 23.0. The molecule has 2 aliphatic rings. The fourth-order valence-electron chi connectivity index (χ4n) is 9.12. The number of aromatic nitrogens is 4. The Morgan fingerprint density at radius 2 is 0.585 bits per heavy atom. The zero-order chi connectivity index (χ0) is 46.2. The summed E-state index contributed by atoms with van der Waals surface area (Å²) in [6.45, 7) is 26.8. The zero-order valence-corrected chi connectivity index (χ0v) is 40.2. The van der Waals surface area contributed by atoms with Crippen LogP contribution in [0.15, 0.2) is 121 Å². The van der Waals surface area contributed by atoms with Gasteiger partial charge in [-0.15, -0.1) is 0 Å². The van der Waals surface area contributed by atoms with Gasteiger partial charge in [0.25, 0.3) is 0 Å². The molecule has 4 aromatic carbocycles. The van der Waals surface area contributed by atoms with E-state index < -0.39 is 0 Å². The lowest BCUT2D eigenvalue weighted by Gasteiger charge is -2.19. The number of fused-ring (bicyclic) bond motifs is 8. The van der Waals surface area contributed by atoms with Gasteiger partial charge in [0.2, 0.25) is 11.4 Å². The molecule has 2 aliphatic heterocycles. The molecule has 3 aromatic heterocycles. The van der Waals surface area contributed by atoms with Gasteiger partial charge in [-0.3, -0.25) is 0 Å². The SMILES string of the molecule is CC(C)(C)c1ccc(-c2c3nc(c(-c4ccc(C(C)(C)C)cc4)c4ccc([nH]4)c(-c4ccc(C(C)(C)C)cc4)c4[n+]([O-])c(c(-c5ccc(C(C)(C)C)cc5)c5ccc2[nH]5)C=C4)C=C3)cc1. The average Bonchev–Trinajstić information content (AvgIpc) is 4.09. The zero-order valence-electron chi connectivity index (χ0n) is 40.2. The van der Waals surface area contributed by atoms with Gasteiger partial charge >= 0.3 is 0 Å². The Labute approximate surface area is 385 Å². The van der Waals surface area contributed by atoms with Gasteiger partial charge in [0.05, 0.1) is 33.5 Å². The fraction of sp³-hybridized carbons (Fsp3) is 0.267. The first-order chi connectivity index (χ1) is 30.6. The summed E-state index contributed by atoms with van der Waals surface area (Å²) in [7, 11) is 0. The summed E-state index contributed by atoms with van der Waals surface area (Å²) in [6, 6.07) is 43.6. The molecule has 0 saturated heterocycles. The molecular formula is C60H62N4O. The highest BCUT2D eigenvalue weighted by molar-refractivity contribution is 5.99. The van der Waals surface area contributed by atoms with Crippen LogP contribution >= 0.6 is 0 Å². The molecule has 9 rings (SSSR count). The summed E-state index contributed by atoms with van der Waals surface area (Å²) in [5, 5.41) is 15.3. The van der Waals surface area contributed by atoms with Crippen molar-refractivity contribution in [2.75, 3.05) is 0 Å². The second-order valence-electron chi connectivity index (χ2n) is 22.0. The van der Waals surface area contributed by atoms with Crippen LogP contribution in [0, 0.1) is 5.21 Å². The lowest BCUT2D eigenvalue weighted by Crippen LogP contribution is -2.31. The van der Waals surface area contributed by atoms with Crippen LogP contribution in [0.5, 0.6) is 0 Å². The number of nitrogens with one attached hydrogen (secondary N) is 2. The summed E-state index contributed by atoms with van der Waals surface area (Å²) in [5.74, 6) is 0. The molecule has 328 valence electrons. The third-order valence-corrected chi connectivity index (χ3v) is 13.1. The van der Waals surface area contributed by atoms with Crippen molar-refractivity contribution in [3.05, 3.63) is 172 Å². The lowest BCUT2D eigenvalue weighted by atomic mass is 9.86. The first kappa shape index (κ1) is 43.5. The maximum atomic E-state index is 15.3. The highest BCUT2D eigenvalue weighted by Gasteiger charge is 2.26. The van der Waals surface area contributed by atoms with E-state index in [2.05, 4.69) is 227 Å². The normalized spacial score (nSPS) is 13.2. The van der Waals surface area contributed by atoms with E-state index in [1.54, 1.807) is 0 Å². The topological polar surface area (TPSA) is 71.4 Å². The van der Waals surface area contributed by atoms with E-state index in [4.69, 9.17) is 4.98 Å². The van der Waals surface area contributed by atoms with Gasteiger partial charge in [-0.2, -0.15) is 4.73 Å². The van der Waals surface area contributed by atoms with Crippen LogP contribution in [-0.2, 0) is 21.7 Å².